The molecule has 1 rings (SSSR count). The van der Waals surface area contributed by atoms with E-state index in [9.17, 15) is 0 Å². The van der Waals surface area contributed by atoms with Gasteiger partial charge >= 0.3 is 0 Å². The number of aromatic nitrogens is 2. The van der Waals surface area contributed by atoms with Gasteiger partial charge in [-0.25, -0.2) is 0 Å². The van der Waals surface area contributed by atoms with Gasteiger partial charge < -0.3 is 15.5 Å². The number of nitrogens with one attached hydrogen (secondary N) is 2. The Balaban J connectivity index is 0.00000484. The number of hydrogen-bond donors (Lipinski definition) is 2. The first kappa shape index (κ1) is 22.2. The van der Waals surface area contributed by atoms with Crippen LogP contribution in [0, 0.1) is 13.8 Å². The molecule has 2 N–H and O–H groups in total. The fourth-order valence-electron chi connectivity index (χ4n) is 2.17. The van der Waals surface area contributed by atoms with Crippen molar-refractivity contribution in [3.63, 3.8) is 0 Å². The molecular weight excluding hydrogens is 403 g/mol. The monoisotopic (exact) mass is 436 g/mol. The third kappa shape index (κ3) is 8.55. The maximum absolute atomic E-state index is 4.47. The first-order chi connectivity index (χ1) is 10.4. The second kappa shape index (κ2) is 11.7. The fraction of sp³-hybridized carbons (Fsp3) is 0.750. The van der Waals surface area contributed by atoms with Crippen molar-refractivity contribution in [2.45, 2.75) is 46.7 Å². The summed E-state index contributed by atoms with van der Waals surface area (Å²) >= 11 is 0. The van der Waals surface area contributed by atoms with Crippen molar-refractivity contribution in [2.24, 2.45) is 4.99 Å². The van der Waals surface area contributed by atoms with Crippen LogP contribution in [0.2, 0.25) is 0 Å². The van der Waals surface area contributed by atoms with Gasteiger partial charge in [-0.05, 0) is 47.2 Å². The van der Waals surface area contributed by atoms with Gasteiger partial charge in [0.15, 0.2) is 5.96 Å². The topological polar surface area (TPSA) is 57.5 Å². The van der Waals surface area contributed by atoms with Crippen LogP contribution in [0.3, 0.4) is 0 Å². The zero-order chi connectivity index (χ0) is 16.5. The molecule has 0 atom stereocenters. The van der Waals surface area contributed by atoms with Crippen molar-refractivity contribution in [1.82, 2.24) is 25.3 Å². The van der Waals surface area contributed by atoms with Gasteiger partial charge in [-0.15, -0.1) is 24.0 Å². The van der Waals surface area contributed by atoms with Crippen LogP contribution in [-0.2, 0) is 6.54 Å². The van der Waals surface area contributed by atoms with E-state index < -0.39 is 0 Å². The second-order valence-corrected chi connectivity index (χ2v) is 6.00. The summed E-state index contributed by atoms with van der Waals surface area (Å²) in [4.78, 5) is 6.56. The number of aryl methyl sites for hydroxylation is 3. The number of halogens is 1. The van der Waals surface area contributed by atoms with Gasteiger partial charge in [0.05, 0.1) is 5.69 Å². The van der Waals surface area contributed by atoms with Crippen LogP contribution in [0.15, 0.2) is 11.1 Å². The number of guanidine groups is 1. The summed E-state index contributed by atoms with van der Waals surface area (Å²) < 4.78 is 2.06. The molecule has 0 saturated carbocycles. The molecule has 134 valence electrons. The van der Waals surface area contributed by atoms with Gasteiger partial charge in [-0.2, -0.15) is 5.10 Å². The highest BCUT2D eigenvalue weighted by Crippen LogP contribution is 2.02. The third-order valence-electron chi connectivity index (χ3n) is 3.80. The van der Waals surface area contributed by atoms with E-state index in [1.54, 1.807) is 0 Å². The van der Waals surface area contributed by atoms with Crippen molar-refractivity contribution in [3.05, 3.63) is 17.5 Å². The van der Waals surface area contributed by atoms with Crippen molar-refractivity contribution in [3.8, 4) is 0 Å². The Kier molecular flexibility index (Phi) is 11.2. The maximum atomic E-state index is 4.47. The lowest BCUT2D eigenvalue weighted by Gasteiger charge is -2.21. The highest BCUT2D eigenvalue weighted by molar-refractivity contribution is 14.0. The summed E-state index contributed by atoms with van der Waals surface area (Å²) in [5, 5.41) is 11.2. The summed E-state index contributed by atoms with van der Waals surface area (Å²) in [6.45, 7) is 12.2. The van der Waals surface area contributed by atoms with Crippen LogP contribution in [0.25, 0.3) is 0 Å². The third-order valence-corrected chi connectivity index (χ3v) is 3.80. The van der Waals surface area contributed by atoms with Gasteiger partial charge in [0.1, 0.15) is 0 Å². The van der Waals surface area contributed by atoms with Gasteiger partial charge in [0.25, 0.3) is 0 Å². The second-order valence-electron chi connectivity index (χ2n) is 6.00. The lowest BCUT2D eigenvalue weighted by atomic mass is 10.3. The highest BCUT2D eigenvalue weighted by Gasteiger charge is 2.04. The lowest BCUT2D eigenvalue weighted by Crippen LogP contribution is -2.42. The van der Waals surface area contributed by atoms with Crippen LogP contribution in [0.5, 0.6) is 0 Å². The molecule has 23 heavy (non-hydrogen) atoms. The van der Waals surface area contributed by atoms with E-state index in [0.717, 1.165) is 44.3 Å². The van der Waals surface area contributed by atoms with E-state index >= 15 is 0 Å². The largest absolute Gasteiger partial charge is 0.356 e. The quantitative estimate of drug-likeness (QED) is 0.283. The molecule has 1 aromatic rings. The summed E-state index contributed by atoms with van der Waals surface area (Å²) in [7, 11) is 3.94. The summed E-state index contributed by atoms with van der Waals surface area (Å²) in [5.74, 6) is 0.866. The molecule has 0 bridgehead atoms. The van der Waals surface area contributed by atoms with Crippen molar-refractivity contribution >= 4 is 29.9 Å². The molecule has 0 spiro atoms. The van der Waals surface area contributed by atoms with E-state index in [2.05, 4.69) is 64.2 Å². The number of hydrogen-bond acceptors (Lipinski definition) is 3. The fourth-order valence-corrected chi connectivity index (χ4v) is 2.17. The maximum Gasteiger partial charge on any atom is 0.191 e. The molecule has 6 nitrogen and oxygen atoms in total. The summed E-state index contributed by atoms with van der Waals surface area (Å²) in [5.41, 5.74) is 2.30. The molecule has 0 fully saturated rings. The van der Waals surface area contributed by atoms with Crippen LogP contribution in [-0.4, -0.2) is 60.4 Å². The molecular formula is C16H33IN6. The minimum Gasteiger partial charge on any atom is -0.356 e. The molecule has 0 unspecified atom stereocenters. The standard InChI is InChI=1S/C16H32N6.HI/c1-13(2)21(6)11-9-19-16(17-5)18-8-7-10-22-15(4)12-14(3)20-22;/h12-13H,7-11H2,1-6H3,(H2,17,18,19);1H. The molecule has 0 aromatic carbocycles. The average Bonchev–Trinajstić information content (AvgIpc) is 2.79. The molecule has 0 amide bonds. The number of rotatable bonds is 8. The van der Waals surface area contributed by atoms with Gasteiger partial charge in [0.2, 0.25) is 0 Å². The van der Waals surface area contributed by atoms with Crippen LogP contribution >= 0.6 is 24.0 Å². The number of aliphatic imine (C=N–C) groups is 1. The molecule has 1 heterocycles. The van der Waals surface area contributed by atoms with E-state index in [0.29, 0.717) is 6.04 Å². The van der Waals surface area contributed by atoms with Crippen molar-refractivity contribution in [2.75, 3.05) is 33.7 Å². The smallest absolute Gasteiger partial charge is 0.191 e. The summed E-state index contributed by atoms with van der Waals surface area (Å²) in [6, 6.07) is 2.68. The average molecular weight is 436 g/mol. The zero-order valence-corrected chi connectivity index (χ0v) is 17.7. The van der Waals surface area contributed by atoms with E-state index in [1.165, 1.54) is 5.69 Å². The van der Waals surface area contributed by atoms with Gasteiger partial charge in [-0.3, -0.25) is 9.67 Å². The molecule has 7 heteroatoms. The lowest BCUT2D eigenvalue weighted by molar-refractivity contribution is 0.278. The van der Waals surface area contributed by atoms with Gasteiger partial charge in [-0.1, -0.05) is 0 Å². The molecule has 0 aliphatic heterocycles. The van der Waals surface area contributed by atoms with E-state index in [-0.39, 0.29) is 24.0 Å². The minimum absolute atomic E-state index is 0. The Bertz CT molecular complexity index is 469. The Labute approximate surface area is 158 Å². The van der Waals surface area contributed by atoms with Crippen molar-refractivity contribution < 1.29 is 0 Å². The highest BCUT2D eigenvalue weighted by atomic mass is 127. The van der Waals surface area contributed by atoms with Crippen LogP contribution in [0.1, 0.15) is 31.7 Å². The minimum atomic E-state index is 0. The Morgan fingerprint density at radius 3 is 2.48 bits per heavy atom. The van der Waals surface area contributed by atoms with Crippen LogP contribution in [0.4, 0.5) is 0 Å². The molecule has 0 saturated heterocycles. The predicted molar refractivity (Wildman–Crippen MR) is 109 cm³/mol. The van der Waals surface area contributed by atoms with E-state index in [1.807, 2.05) is 14.0 Å². The molecule has 0 radical (unpaired) electrons. The zero-order valence-electron chi connectivity index (χ0n) is 15.4. The molecule has 1 aromatic heterocycles. The van der Waals surface area contributed by atoms with Crippen molar-refractivity contribution in [1.29, 1.82) is 0 Å². The number of nitrogens with zero attached hydrogens (tertiary/aromatic N) is 4. The first-order valence-corrected chi connectivity index (χ1v) is 8.10. The van der Waals surface area contributed by atoms with Gasteiger partial charge in [0, 0.05) is 45.0 Å². The number of likely N-dealkylation sites (N-methyl/N-ethyl adjacent to an activating group) is 1. The molecule has 0 aliphatic carbocycles. The predicted octanol–water partition coefficient (Wildman–Crippen LogP) is 2.01. The molecule has 0 aliphatic rings. The summed E-state index contributed by atoms with van der Waals surface area (Å²) in [6.07, 6.45) is 1.02. The Morgan fingerprint density at radius 2 is 1.96 bits per heavy atom. The first-order valence-electron chi connectivity index (χ1n) is 8.10. The normalized spacial score (nSPS) is 11.7. The SMILES string of the molecule is CN=C(NCCCn1nc(C)cc1C)NCCN(C)C(C)C.I. The Hall–Kier alpha value is -0.830. The Morgan fingerprint density at radius 1 is 1.30 bits per heavy atom. The van der Waals surface area contributed by atoms with E-state index in [4.69, 9.17) is 0 Å². The van der Waals surface area contributed by atoms with Crippen LogP contribution < -0.4 is 10.6 Å².